The fourth-order valence-corrected chi connectivity index (χ4v) is 0. The summed E-state index contributed by atoms with van der Waals surface area (Å²) in [5, 5.41) is 7.06. The van der Waals surface area contributed by atoms with Crippen molar-refractivity contribution in [2.75, 3.05) is 0 Å². The van der Waals surface area contributed by atoms with Crippen LogP contribution in [0.15, 0.2) is 0 Å². The Morgan fingerprint density at radius 1 is 1.80 bits per heavy atom. The van der Waals surface area contributed by atoms with Crippen molar-refractivity contribution in [3.8, 4) is 0 Å². The zero-order chi connectivity index (χ0) is 3.58. The van der Waals surface area contributed by atoms with E-state index < -0.39 is 5.17 Å². The molecule has 4 heteroatoms. The molecule has 0 bridgehead atoms. The molecule has 2 nitrogen and oxygen atoms in total. The Balaban J connectivity index is 0. The van der Waals surface area contributed by atoms with Crippen molar-refractivity contribution in [3.63, 3.8) is 0 Å². The fourth-order valence-electron chi connectivity index (χ4n) is 0. The van der Waals surface area contributed by atoms with Crippen molar-refractivity contribution >= 4 is 66.3 Å². The molecule has 3 N–H and O–H groups in total. The summed E-state index contributed by atoms with van der Waals surface area (Å²) in [5.41, 5.74) is 4.40. The normalized spacial score (nSPS) is 4.80. The van der Waals surface area contributed by atoms with Crippen LogP contribution in [0, 0.1) is 0 Å². The monoisotopic (exact) mass is 217 g/mol. The molecule has 0 aromatic rings. The van der Waals surface area contributed by atoms with Crippen LogP contribution in [0.4, 0.5) is 0 Å². The average Bonchev–Trinajstić information content (AvgIpc) is 0.811. The van der Waals surface area contributed by atoms with Crippen LogP contribution < -0.4 is 5.73 Å². The molecule has 0 aliphatic rings. The molecular weight excluding hydrogens is 211 g/mol. The molecule has 5 heavy (non-hydrogen) atoms. The molecule has 28 valence electrons. The van der Waals surface area contributed by atoms with E-state index in [2.05, 4.69) is 18.0 Å². The average molecular weight is 216 g/mol. The van der Waals surface area contributed by atoms with Crippen molar-refractivity contribution in [3.05, 3.63) is 0 Å². The summed E-state index contributed by atoms with van der Waals surface area (Å²) in [6.07, 6.45) is 0. The Morgan fingerprint density at radius 3 is 1.80 bits per heavy atom. The number of hydrogen-bond donors (Lipinski definition) is 2. The van der Waals surface area contributed by atoms with E-state index in [1.165, 1.54) is 0 Å². The number of rotatable bonds is 0. The van der Waals surface area contributed by atoms with E-state index in [0.717, 1.165) is 0 Å². The second kappa shape index (κ2) is 5.26. The molecule has 0 saturated heterocycles. The molecule has 0 amide bonds. The second-order valence-corrected chi connectivity index (χ2v) is 0.757. The van der Waals surface area contributed by atoms with Gasteiger partial charge >= 0.3 is 48.9 Å². The maximum absolute atomic E-state index is 7.56. The topological polar surface area (TPSA) is 46.2 Å². The van der Waals surface area contributed by atoms with E-state index in [4.69, 9.17) is 5.11 Å². The third-order valence-electron chi connectivity index (χ3n) is 0. The molecule has 0 aromatic carbocycles. The molecule has 0 heterocycles. The first-order valence-electron chi connectivity index (χ1n) is 0.716. The molecule has 0 atom stereocenters. The van der Waals surface area contributed by atoms with E-state index in [9.17, 15) is 0 Å². The maximum atomic E-state index is 7.56. The van der Waals surface area contributed by atoms with Gasteiger partial charge in [0.25, 0.3) is 5.17 Å². The van der Waals surface area contributed by atoms with Crippen LogP contribution >= 0.6 is 12.2 Å². The summed E-state index contributed by atoms with van der Waals surface area (Å²) in [5.74, 6) is 0. The van der Waals surface area contributed by atoms with Gasteiger partial charge in [-0.2, -0.15) is 0 Å². The van der Waals surface area contributed by atoms with Gasteiger partial charge in [-0.15, -0.1) is 0 Å². The van der Waals surface area contributed by atoms with Crippen molar-refractivity contribution in [2.24, 2.45) is 5.73 Å². The van der Waals surface area contributed by atoms with Gasteiger partial charge in [0.15, 0.2) is 0 Å². The van der Waals surface area contributed by atoms with E-state index in [0.29, 0.717) is 0 Å². The van der Waals surface area contributed by atoms with Gasteiger partial charge in [0.05, 0.1) is 0 Å². The van der Waals surface area contributed by atoms with Crippen LogP contribution in [0.25, 0.3) is 0 Å². The van der Waals surface area contributed by atoms with E-state index in [1.54, 1.807) is 0 Å². The van der Waals surface area contributed by atoms with Crippen LogP contribution in [0.3, 0.4) is 0 Å². The Hall–Kier alpha value is 1.26. The van der Waals surface area contributed by atoms with Crippen LogP contribution in [0.5, 0.6) is 0 Å². The molecule has 0 aliphatic heterocycles. The van der Waals surface area contributed by atoms with Crippen LogP contribution in [-0.2, 0) is 0 Å². The molecule has 0 aromatic heterocycles. The molecule has 0 unspecified atom stereocenters. The second-order valence-electron chi connectivity index (χ2n) is 0.338. The summed E-state index contributed by atoms with van der Waals surface area (Å²) in [6.45, 7) is 0. The van der Waals surface area contributed by atoms with Crippen molar-refractivity contribution in [2.45, 2.75) is 0 Å². The molecule has 0 fully saturated rings. The molecule has 0 rings (SSSR count). The molecule has 0 spiro atoms. The van der Waals surface area contributed by atoms with Crippen molar-refractivity contribution < 1.29 is 5.11 Å². The summed E-state index contributed by atoms with van der Waals surface area (Å²) in [4.78, 5) is 0. The van der Waals surface area contributed by atoms with Gasteiger partial charge in [-0.1, -0.05) is 0 Å². The van der Waals surface area contributed by atoms with Gasteiger partial charge in [-0.05, 0) is 12.2 Å². The third kappa shape index (κ3) is 35.2. The van der Waals surface area contributed by atoms with E-state index in [1.807, 2.05) is 0 Å². The minimum absolute atomic E-state index is 0. The van der Waals surface area contributed by atoms with Gasteiger partial charge in [-0.25, -0.2) is 0 Å². The van der Waals surface area contributed by atoms with E-state index >= 15 is 0 Å². The van der Waals surface area contributed by atoms with Crippen LogP contribution in [0.1, 0.15) is 0 Å². The van der Waals surface area contributed by atoms with Gasteiger partial charge < -0.3 is 10.8 Å². The fraction of sp³-hybridized carbons (Fsp3) is 0. The summed E-state index contributed by atoms with van der Waals surface area (Å²) in [6, 6.07) is 0. The van der Waals surface area contributed by atoms with Gasteiger partial charge in [0.2, 0.25) is 0 Å². The van der Waals surface area contributed by atoms with Gasteiger partial charge in [0.1, 0.15) is 0 Å². The van der Waals surface area contributed by atoms with Crippen LogP contribution in [0.2, 0.25) is 0 Å². The standard InChI is InChI=1S/CH3NOS.Ba.2H/c2-1(3)4;;;/h(H3,2,3,4);;;. The quantitative estimate of drug-likeness (QED) is 0.398. The first-order chi connectivity index (χ1) is 1.73. The Bertz CT molecular complexity index is 34.6. The van der Waals surface area contributed by atoms with Crippen molar-refractivity contribution in [1.29, 1.82) is 0 Å². The summed E-state index contributed by atoms with van der Waals surface area (Å²) in [7, 11) is 0. The Morgan fingerprint density at radius 2 is 1.80 bits per heavy atom. The first kappa shape index (κ1) is 9.54. The molecule has 0 saturated carbocycles. The van der Waals surface area contributed by atoms with Crippen LogP contribution in [-0.4, -0.2) is 59.2 Å². The van der Waals surface area contributed by atoms with Gasteiger partial charge in [-0.3, -0.25) is 0 Å². The number of thiocarbonyl (C=S) groups is 1. The number of hydrogen-bond acceptors (Lipinski definition) is 1. The predicted molar refractivity (Wildman–Crippen MR) is 28.0 cm³/mol. The number of aliphatic hydroxyl groups excluding tert-OH is 1. The SMILES string of the molecule is NC(O)=S.[BaH2]. The first-order valence-corrected chi connectivity index (χ1v) is 1.12. The zero-order valence-corrected chi connectivity index (χ0v) is 2.75. The van der Waals surface area contributed by atoms with E-state index in [-0.39, 0.29) is 48.9 Å². The molecule has 0 radical (unpaired) electrons. The Labute approximate surface area is 75.8 Å². The number of nitrogens with two attached hydrogens (primary N) is 1. The predicted octanol–water partition coefficient (Wildman–Crippen LogP) is -1.13. The zero-order valence-electron chi connectivity index (χ0n) is 1.93. The molecular formula is CH5BaNOS. The van der Waals surface area contributed by atoms with Crippen molar-refractivity contribution in [1.82, 2.24) is 0 Å². The summed E-state index contributed by atoms with van der Waals surface area (Å²) >= 11 is 3.87. The minimum atomic E-state index is -0.500. The Kier molecular flexibility index (Phi) is 10.0. The number of aliphatic hydroxyl groups is 1. The third-order valence-corrected chi connectivity index (χ3v) is 0. The van der Waals surface area contributed by atoms with Gasteiger partial charge in [0, 0.05) is 0 Å². The summed E-state index contributed by atoms with van der Waals surface area (Å²) < 4.78 is 0. The molecule has 0 aliphatic carbocycles.